The van der Waals surface area contributed by atoms with E-state index in [4.69, 9.17) is 10.5 Å². The molecule has 1 saturated heterocycles. The van der Waals surface area contributed by atoms with Crippen molar-refractivity contribution < 1.29 is 14.3 Å². The average Bonchev–Trinajstić information content (AvgIpc) is 3.08. The highest BCUT2D eigenvalue weighted by atomic mass is 16.5. The second kappa shape index (κ2) is 8.15. The molecule has 1 aromatic rings. The summed E-state index contributed by atoms with van der Waals surface area (Å²) in [6.45, 7) is 5.16. The lowest BCUT2D eigenvalue weighted by Gasteiger charge is -2.19. The Bertz CT molecular complexity index is 571. The van der Waals surface area contributed by atoms with Crippen LogP contribution in [-0.2, 0) is 9.59 Å². The Labute approximate surface area is 143 Å². The fourth-order valence-corrected chi connectivity index (χ4v) is 2.83. The first kappa shape index (κ1) is 18.3. The maximum absolute atomic E-state index is 12.3. The van der Waals surface area contributed by atoms with Gasteiger partial charge in [-0.3, -0.25) is 9.59 Å². The van der Waals surface area contributed by atoms with E-state index in [0.717, 1.165) is 12.2 Å². The lowest BCUT2D eigenvalue weighted by Crippen LogP contribution is -2.47. The molecular formula is C18H27N3O3. The minimum atomic E-state index is -0.580. The molecule has 1 fully saturated rings. The van der Waals surface area contributed by atoms with E-state index in [2.05, 4.69) is 5.32 Å². The van der Waals surface area contributed by atoms with Gasteiger partial charge in [-0.15, -0.1) is 0 Å². The van der Waals surface area contributed by atoms with Gasteiger partial charge in [0.05, 0.1) is 19.7 Å². The van der Waals surface area contributed by atoms with Crippen LogP contribution in [-0.4, -0.2) is 49.5 Å². The zero-order valence-electron chi connectivity index (χ0n) is 14.6. The van der Waals surface area contributed by atoms with Crippen molar-refractivity contribution in [3.63, 3.8) is 0 Å². The third-order valence-electron chi connectivity index (χ3n) is 4.56. The molecule has 1 heterocycles. The molecule has 0 radical (unpaired) electrons. The van der Waals surface area contributed by atoms with Crippen LogP contribution in [0.3, 0.4) is 0 Å². The standard InChI is InChI=1S/C18H27N3O3/c1-12(2)17(19)18(23)20-10-16(22)21-9-8-14(11-21)13-4-6-15(24-3)7-5-13/h4-7,12,14,17H,8-11,19H2,1-3H3,(H,20,23)/t14?,17-/m0/s1. The minimum Gasteiger partial charge on any atom is -0.497 e. The van der Waals surface area contributed by atoms with E-state index in [1.54, 1.807) is 12.0 Å². The first-order valence-electron chi connectivity index (χ1n) is 8.37. The van der Waals surface area contributed by atoms with Crippen molar-refractivity contribution in [1.82, 2.24) is 10.2 Å². The van der Waals surface area contributed by atoms with Crippen molar-refractivity contribution in [2.75, 3.05) is 26.7 Å². The molecule has 6 heteroatoms. The van der Waals surface area contributed by atoms with Gasteiger partial charge < -0.3 is 20.7 Å². The minimum absolute atomic E-state index is 0.00852. The van der Waals surface area contributed by atoms with Crippen molar-refractivity contribution in [3.8, 4) is 5.75 Å². The second-order valence-electron chi connectivity index (χ2n) is 6.59. The van der Waals surface area contributed by atoms with Crippen molar-refractivity contribution in [3.05, 3.63) is 29.8 Å². The smallest absolute Gasteiger partial charge is 0.241 e. The highest BCUT2D eigenvalue weighted by molar-refractivity contribution is 5.87. The predicted molar refractivity (Wildman–Crippen MR) is 92.8 cm³/mol. The van der Waals surface area contributed by atoms with Gasteiger partial charge in [-0.1, -0.05) is 26.0 Å². The predicted octanol–water partition coefficient (Wildman–Crippen LogP) is 1.11. The van der Waals surface area contributed by atoms with Crippen LogP contribution in [0.15, 0.2) is 24.3 Å². The third-order valence-corrected chi connectivity index (χ3v) is 4.56. The second-order valence-corrected chi connectivity index (χ2v) is 6.59. The zero-order chi connectivity index (χ0) is 17.7. The monoisotopic (exact) mass is 333 g/mol. The molecule has 2 rings (SSSR count). The van der Waals surface area contributed by atoms with E-state index in [9.17, 15) is 9.59 Å². The van der Waals surface area contributed by atoms with Gasteiger partial charge in [-0.05, 0) is 30.0 Å². The third kappa shape index (κ3) is 4.47. The summed E-state index contributed by atoms with van der Waals surface area (Å²) in [5.74, 6) is 0.869. The number of ether oxygens (including phenoxy) is 1. The summed E-state index contributed by atoms with van der Waals surface area (Å²) in [5, 5.41) is 2.64. The largest absolute Gasteiger partial charge is 0.497 e. The Balaban J connectivity index is 1.83. The van der Waals surface area contributed by atoms with Gasteiger partial charge in [0, 0.05) is 19.0 Å². The number of nitrogens with zero attached hydrogens (tertiary/aromatic N) is 1. The first-order chi connectivity index (χ1) is 11.4. The van der Waals surface area contributed by atoms with Crippen LogP contribution < -0.4 is 15.8 Å². The van der Waals surface area contributed by atoms with Gasteiger partial charge in [0.25, 0.3) is 0 Å². The van der Waals surface area contributed by atoms with Gasteiger partial charge in [0.2, 0.25) is 11.8 Å². The van der Waals surface area contributed by atoms with Crippen molar-refractivity contribution in [2.24, 2.45) is 11.7 Å². The number of carbonyl (C=O) groups is 2. The molecule has 0 saturated carbocycles. The fourth-order valence-electron chi connectivity index (χ4n) is 2.83. The molecule has 0 aromatic heterocycles. The summed E-state index contributed by atoms with van der Waals surface area (Å²) < 4.78 is 5.17. The molecule has 132 valence electrons. The molecule has 0 bridgehead atoms. The molecule has 1 unspecified atom stereocenters. The van der Waals surface area contributed by atoms with Crippen LogP contribution in [0.4, 0.5) is 0 Å². The van der Waals surface area contributed by atoms with Crippen molar-refractivity contribution in [2.45, 2.75) is 32.2 Å². The van der Waals surface area contributed by atoms with Gasteiger partial charge in [-0.25, -0.2) is 0 Å². The molecule has 3 N–H and O–H groups in total. The molecule has 0 aliphatic carbocycles. The summed E-state index contributed by atoms with van der Waals surface area (Å²) in [6.07, 6.45) is 0.928. The van der Waals surface area contributed by atoms with Crippen LogP contribution in [0.5, 0.6) is 5.75 Å². The Morgan fingerprint density at radius 2 is 2.00 bits per heavy atom. The topological polar surface area (TPSA) is 84.7 Å². The summed E-state index contributed by atoms with van der Waals surface area (Å²) >= 11 is 0. The zero-order valence-corrected chi connectivity index (χ0v) is 14.6. The van der Waals surface area contributed by atoms with E-state index >= 15 is 0 Å². The molecular weight excluding hydrogens is 306 g/mol. The van der Waals surface area contributed by atoms with Gasteiger partial charge in [0.1, 0.15) is 5.75 Å². The number of nitrogens with two attached hydrogens (primary N) is 1. The van der Waals surface area contributed by atoms with Crippen LogP contribution >= 0.6 is 0 Å². The molecule has 0 spiro atoms. The fraction of sp³-hybridized carbons (Fsp3) is 0.556. The van der Waals surface area contributed by atoms with E-state index in [1.807, 2.05) is 38.1 Å². The summed E-state index contributed by atoms with van der Waals surface area (Å²) in [7, 11) is 1.64. The molecule has 6 nitrogen and oxygen atoms in total. The number of carbonyl (C=O) groups excluding carboxylic acids is 2. The maximum atomic E-state index is 12.3. The van der Waals surface area contributed by atoms with E-state index in [-0.39, 0.29) is 24.3 Å². The first-order valence-corrected chi connectivity index (χ1v) is 8.37. The van der Waals surface area contributed by atoms with E-state index in [1.165, 1.54) is 5.56 Å². The maximum Gasteiger partial charge on any atom is 0.241 e. The van der Waals surface area contributed by atoms with E-state index < -0.39 is 6.04 Å². The summed E-state index contributed by atoms with van der Waals surface area (Å²) in [6, 6.07) is 7.38. The molecule has 2 amide bonds. The Morgan fingerprint density at radius 3 is 2.58 bits per heavy atom. The van der Waals surface area contributed by atoms with E-state index in [0.29, 0.717) is 19.0 Å². The number of rotatable bonds is 6. The van der Waals surface area contributed by atoms with Gasteiger partial charge in [-0.2, -0.15) is 0 Å². The SMILES string of the molecule is COc1ccc(C2CCN(C(=O)CNC(=O)[C@@H](N)C(C)C)C2)cc1. The highest BCUT2D eigenvalue weighted by Crippen LogP contribution is 2.28. The van der Waals surface area contributed by atoms with Crippen LogP contribution in [0.25, 0.3) is 0 Å². The number of nitrogens with one attached hydrogen (secondary N) is 1. The number of hydrogen-bond donors (Lipinski definition) is 2. The average molecular weight is 333 g/mol. The lowest BCUT2D eigenvalue weighted by molar-refractivity contribution is -0.132. The highest BCUT2D eigenvalue weighted by Gasteiger charge is 2.27. The number of amides is 2. The lowest BCUT2D eigenvalue weighted by atomic mass is 9.98. The number of benzene rings is 1. The van der Waals surface area contributed by atoms with Crippen molar-refractivity contribution in [1.29, 1.82) is 0 Å². The number of likely N-dealkylation sites (tertiary alicyclic amines) is 1. The molecule has 24 heavy (non-hydrogen) atoms. The van der Waals surface area contributed by atoms with Gasteiger partial charge in [0.15, 0.2) is 0 Å². The van der Waals surface area contributed by atoms with Crippen LogP contribution in [0.1, 0.15) is 31.7 Å². The molecule has 1 aliphatic rings. The van der Waals surface area contributed by atoms with Gasteiger partial charge >= 0.3 is 0 Å². The Hall–Kier alpha value is -2.08. The normalized spacial score (nSPS) is 18.5. The quantitative estimate of drug-likeness (QED) is 0.817. The molecule has 1 aromatic carbocycles. The Kier molecular flexibility index (Phi) is 6.20. The summed E-state index contributed by atoms with van der Waals surface area (Å²) in [4.78, 5) is 25.9. The van der Waals surface area contributed by atoms with Crippen LogP contribution in [0.2, 0.25) is 0 Å². The number of hydrogen-bond acceptors (Lipinski definition) is 4. The van der Waals surface area contributed by atoms with Crippen LogP contribution in [0, 0.1) is 5.92 Å². The van der Waals surface area contributed by atoms with Crippen molar-refractivity contribution >= 4 is 11.8 Å². The summed E-state index contributed by atoms with van der Waals surface area (Å²) in [5.41, 5.74) is 6.98. The number of methoxy groups -OCH3 is 1. The molecule has 1 aliphatic heterocycles. The molecule has 2 atom stereocenters. The Morgan fingerprint density at radius 1 is 1.33 bits per heavy atom.